The maximum absolute atomic E-state index is 14.1. The van der Waals surface area contributed by atoms with Gasteiger partial charge in [-0.1, -0.05) is 0 Å². The third kappa shape index (κ3) is 3.03. The third-order valence-electron chi connectivity index (χ3n) is 4.53. The second kappa shape index (κ2) is 6.32. The van der Waals surface area contributed by atoms with Gasteiger partial charge in [-0.25, -0.2) is 8.78 Å². The largest absolute Gasteiger partial charge is 0.391 e. The van der Waals surface area contributed by atoms with Crippen LogP contribution in [0.4, 0.5) is 8.78 Å². The van der Waals surface area contributed by atoms with Gasteiger partial charge in [0, 0.05) is 23.4 Å². The minimum absolute atomic E-state index is 0.0977. The Bertz CT molecular complexity index is 756. The minimum atomic E-state index is -0.756. The zero-order valence-electron chi connectivity index (χ0n) is 13.5. The molecule has 1 aromatic heterocycles. The fourth-order valence-electron chi connectivity index (χ4n) is 3.24. The number of aromatic nitrogens is 2. The fraction of sp³-hybridized carbons (Fsp3) is 0.412. The highest BCUT2D eigenvalue weighted by Crippen LogP contribution is 2.34. The first-order valence-electron chi connectivity index (χ1n) is 7.79. The lowest BCUT2D eigenvalue weighted by Gasteiger charge is -2.25. The van der Waals surface area contributed by atoms with Crippen molar-refractivity contribution in [2.45, 2.75) is 38.8 Å². The molecule has 1 fully saturated rings. The van der Waals surface area contributed by atoms with Crippen molar-refractivity contribution in [1.29, 1.82) is 0 Å². The van der Waals surface area contributed by atoms with E-state index in [2.05, 4.69) is 10.2 Å². The van der Waals surface area contributed by atoms with Crippen LogP contribution in [0.1, 0.15) is 35.0 Å². The van der Waals surface area contributed by atoms with Crippen LogP contribution in [0.5, 0.6) is 0 Å². The molecule has 24 heavy (non-hydrogen) atoms. The van der Waals surface area contributed by atoms with Crippen molar-refractivity contribution in [2.75, 3.05) is 6.54 Å². The number of hydrogen-bond donors (Lipinski definition) is 2. The first kappa shape index (κ1) is 16.6. The van der Waals surface area contributed by atoms with Crippen LogP contribution >= 0.6 is 0 Å². The summed E-state index contributed by atoms with van der Waals surface area (Å²) in [5.74, 6) is -1.39. The molecule has 1 aromatic carbocycles. The highest BCUT2D eigenvalue weighted by atomic mass is 19.1. The van der Waals surface area contributed by atoms with Crippen molar-refractivity contribution in [3.8, 4) is 0 Å². The van der Waals surface area contributed by atoms with E-state index in [0.29, 0.717) is 0 Å². The van der Waals surface area contributed by atoms with Gasteiger partial charge in [0.2, 0.25) is 5.91 Å². The smallest absolute Gasteiger partial charge is 0.227 e. The quantitative estimate of drug-likeness (QED) is 0.903. The van der Waals surface area contributed by atoms with Gasteiger partial charge in [0.25, 0.3) is 0 Å². The number of nitrogens with zero attached hydrogens (tertiary/aromatic N) is 2. The zero-order valence-corrected chi connectivity index (χ0v) is 13.5. The maximum atomic E-state index is 14.1. The van der Waals surface area contributed by atoms with Gasteiger partial charge in [-0.05, 0) is 38.5 Å². The number of H-pyrrole nitrogens is 1. The average Bonchev–Trinajstić information content (AvgIpc) is 3.07. The monoisotopic (exact) mass is 335 g/mol. The molecule has 5 nitrogen and oxygen atoms in total. The molecule has 3 rings (SSSR count). The lowest BCUT2D eigenvalue weighted by molar-refractivity contribution is -0.131. The molecule has 1 aliphatic rings. The molecule has 0 bridgehead atoms. The number of aromatic amines is 1. The van der Waals surface area contributed by atoms with Gasteiger partial charge in [-0.15, -0.1) is 0 Å². The Kier molecular flexibility index (Phi) is 4.36. The Morgan fingerprint density at radius 2 is 2.17 bits per heavy atom. The number of likely N-dealkylation sites (tertiary alicyclic amines) is 1. The second-order valence-electron chi connectivity index (χ2n) is 6.21. The number of halogens is 2. The summed E-state index contributed by atoms with van der Waals surface area (Å²) in [5, 5.41) is 16.8. The number of benzene rings is 1. The van der Waals surface area contributed by atoms with Gasteiger partial charge in [0.15, 0.2) is 0 Å². The molecular weight excluding hydrogens is 316 g/mol. The van der Waals surface area contributed by atoms with Gasteiger partial charge >= 0.3 is 0 Å². The minimum Gasteiger partial charge on any atom is -0.391 e. The number of aryl methyl sites for hydroxylation is 2. The van der Waals surface area contributed by atoms with Gasteiger partial charge in [-0.3, -0.25) is 9.89 Å². The van der Waals surface area contributed by atoms with Crippen molar-refractivity contribution < 1.29 is 18.7 Å². The highest BCUT2D eigenvalue weighted by molar-refractivity contribution is 5.80. The van der Waals surface area contributed by atoms with Crippen LogP contribution in [0.3, 0.4) is 0 Å². The van der Waals surface area contributed by atoms with Crippen LogP contribution in [0.2, 0.25) is 0 Å². The number of carbonyl (C=O) groups excluding carboxylic acids is 1. The molecule has 1 saturated heterocycles. The van der Waals surface area contributed by atoms with E-state index >= 15 is 0 Å². The summed E-state index contributed by atoms with van der Waals surface area (Å²) >= 11 is 0. The van der Waals surface area contributed by atoms with Crippen LogP contribution < -0.4 is 0 Å². The summed E-state index contributed by atoms with van der Waals surface area (Å²) in [6, 6.07) is 2.50. The molecule has 0 aliphatic carbocycles. The lowest BCUT2D eigenvalue weighted by atomic mass is 10.0. The summed E-state index contributed by atoms with van der Waals surface area (Å²) in [4.78, 5) is 14.1. The number of aliphatic hydroxyl groups excluding tert-OH is 1. The molecule has 2 atom stereocenters. The van der Waals surface area contributed by atoms with E-state index in [9.17, 15) is 18.7 Å². The maximum Gasteiger partial charge on any atom is 0.227 e. The molecule has 2 heterocycles. The van der Waals surface area contributed by atoms with Crippen LogP contribution in [-0.4, -0.2) is 38.8 Å². The van der Waals surface area contributed by atoms with Crippen molar-refractivity contribution in [2.24, 2.45) is 0 Å². The number of nitrogens with one attached hydrogen (secondary N) is 1. The van der Waals surface area contributed by atoms with Crippen LogP contribution in [0, 0.1) is 25.5 Å². The molecule has 0 unspecified atom stereocenters. The first-order valence-corrected chi connectivity index (χ1v) is 7.79. The predicted octanol–water partition coefficient (Wildman–Crippen LogP) is 2.18. The fourth-order valence-corrected chi connectivity index (χ4v) is 3.24. The van der Waals surface area contributed by atoms with Gasteiger partial charge in [0.1, 0.15) is 11.6 Å². The average molecular weight is 335 g/mol. The molecule has 1 amide bonds. The lowest BCUT2D eigenvalue weighted by Crippen LogP contribution is -2.33. The number of rotatable bonds is 3. The number of carbonyl (C=O) groups is 1. The number of amides is 1. The van der Waals surface area contributed by atoms with E-state index in [-0.39, 0.29) is 30.9 Å². The number of β-amino-alcohol motifs (C(OH)–C–C–N with tert-alkyl or cyclic N) is 1. The van der Waals surface area contributed by atoms with Crippen molar-refractivity contribution in [1.82, 2.24) is 15.1 Å². The summed E-state index contributed by atoms with van der Waals surface area (Å²) in [7, 11) is 0. The zero-order chi connectivity index (χ0) is 17.4. The Hall–Kier alpha value is -2.28. The van der Waals surface area contributed by atoms with E-state index in [1.54, 1.807) is 6.92 Å². The normalized spacial score (nSPS) is 20.6. The topological polar surface area (TPSA) is 69.2 Å². The second-order valence-corrected chi connectivity index (χ2v) is 6.21. The van der Waals surface area contributed by atoms with E-state index < -0.39 is 23.8 Å². The van der Waals surface area contributed by atoms with Gasteiger partial charge in [-0.2, -0.15) is 5.10 Å². The number of aliphatic hydroxyl groups is 1. The molecule has 128 valence electrons. The summed E-state index contributed by atoms with van der Waals surface area (Å²) in [5.41, 5.74) is 2.42. The first-order chi connectivity index (χ1) is 11.4. The van der Waals surface area contributed by atoms with E-state index in [4.69, 9.17) is 0 Å². The van der Waals surface area contributed by atoms with E-state index in [0.717, 1.165) is 35.2 Å². The van der Waals surface area contributed by atoms with Crippen LogP contribution in [-0.2, 0) is 11.2 Å². The molecule has 7 heteroatoms. The van der Waals surface area contributed by atoms with Crippen LogP contribution in [0.25, 0.3) is 0 Å². The summed E-state index contributed by atoms with van der Waals surface area (Å²) < 4.78 is 27.6. The third-order valence-corrected chi connectivity index (χ3v) is 4.53. The SMILES string of the molecule is Cc1n[nH]c(C)c1CC(=O)N1C[C@@H](O)C[C@@H]1c1cc(F)ccc1F. The van der Waals surface area contributed by atoms with E-state index in [1.807, 2.05) is 6.92 Å². The van der Waals surface area contributed by atoms with Crippen molar-refractivity contribution in [3.05, 3.63) is 52.3 Å². The number of hydrogen-bond acceptors (Lipinski definition) is 3. The Balaban J connectivity index is 1.88. The molecule has 2 aromatic rings. The van der Waals surface area contributed by atoms with Gasteiger partial charge in [0.05, 0.1) is 24.3 Å². The van der Waals surface area contributed by atoms with Crippen LogP contribution in [0.15, 0.2) is 18.2 Å². The Morgan fingerprint density at radius 3 is 2.83 bits per heavy atom. The van der Waals surface area contributed by atoms with Crippen molar-refractivity contribution >= 4 is 5.91 Å². The highest BCUT2D eigenvalue weighted by Gasteiger charge is 2.37. The molecule has 0 saturated carbocycles. The standard InChI is InChI=1S/C17H19F2N3O2/c1-9-13(10(2)21-20-9)7-17(24)22-8-12(23)6-16(22)14-5-11(18)3-4-15(14)19/h3-5,12,16,23H,6-8H2,1-2H3,(H,20,21)/t12-,16+/m0/s1. The van der Waals surface area contributed by atoms with Gasteiger partial charge < -0.3 is 10.0 Å². The molecular formula is C17H19F2N3O2. The molecule has 0 spiro atoms. The summed E-state index contributed by atoms with van der Waals surface area (Å²) in [6.07, 6.45) is -0.461. The predicted molar refractivity (Wildman–Crippen MR) is 83.2 cm³/mol. The molecule has 0 radical (unpaired) electrons. The van der Waals surface area contributed by atoms with Crippen molar-refractivity contribution in [3.63, 3.8) is 0 Å². The Morgan fingerprint density at radius 1 is 1.42 bits per heavy atom. The molecule has 2 N–H and O–H groups in total. The Labute approximate surface area is 138 Å². The summed E-state index contributed by atoms with van der Waals surface area (Å²) in [6.45, 7) is 3.73. The van der Waals surface area contributed by atoms with E-state index in [1.165, 1.54) is 4.90 Å². The molecule has 1 aliphatic heterocycles.